The fraction of sp³-hybridized carbons (Fsp3) is 0.409. The molecule has 29 heavy (non-hydrogen) atoms. The smallest absolute Gasteiger partial charge is 0.323 e. The first-order valence-electron chi connectivity index (χ1n) is 9.60. The summed E-state index contributed by atoms with van der Waals surface area (Å²) in [5.74, 6) is -1.31. The Morgan fingerprint density at radius 3 is 2.17 bits per heavy atom. The van der Waals surface area contributed by atoms with E-state index in [-0.39, 0.29) is 29.4 Å². The number of rotatable bonds is 8. The highest BCUT2D eigenvalue weighted by Gasteiger charge is 2.28. The molecule has 0 aliphatic heterocycles. The van der Waals surface area contributed by atoms with E-state index < -0.39 is 11.5 Å². The molecule has 1 unspecified atom stereocenters. The van der Waals surface area contributed by atoms with Gasteiger partial charge in [-0.3, -0.25) is 4.79 Å². The van der Waals surface area contributed by atoms with Crippen molar-refractivity contribution in [3.05, 3.63) is 47.5 Å². The number of carboxylic acids is 1. The summed E-state index contributed by atoms with van der Waals surface area (Å²) in [6, 6.07) is 8.91. The molecule has 2 rings (SSSR count). The molecule has 0 spiro atoms. The van der Waals surface area contributed by atoms with Gasteiger partial charge in [0.2, 0.25) is 0 Å². The highest BCUT2D eigenvalue weighted by molar-refractivity contribution is 5.78. The van der Waals surface area contributed by atoms with E-state index in [2.05, 4.69) is 6.92 Å². The number of carboxylic acid groups (broad SMARTS) is 1. The molecule has 7 heteroatoms. The number of aromatic hydroxyl groups is 4. The number of phenolic OH excluding ortho intramolecular Hbond substituents is 4. The Bertz CT molecular complexity index is 804. The van der Waals surface area contributed by atoms with Gasteiger partial charge in [-0.15, -0.1) is 0 Å². The second kappa shape index (κ2) is 11.2. The molecule has 7 nitrogen and oxygen atoms in total. The molecular formula is C22H31NO6. The SMILES string of the molecule is CC(N)(Cc1ccc(O)c(O)c1)C(=O)O.CCCCCCc1ccc(O)cc1O. The van der Waals surface area contributed by atoms with Crippen LogP contribution >= 0.6 is 0 Å². The maximum atomic E-state index is 10.7. The van der Waals surface area contributed by atoms with Crippen LogP contribution in [0.5, 0.6) is 23.0 Å². The Morgan fingerprint density at radius 2 is 1.62 bits per heavy atom. The number of aryl methyl sites for hydroxylation is 1. The number of aliphatic carboxylic acids is 1. The van der Waals surface area contributed by atoms with Gasteiger partial charge in [-0.1, -0.05) is 38.3 Å². The zero-order chi connectivity index (χ0) is 22.0. The van der Waals surface area contributed by atoms with Crippen molar-refractivity contribution in [2.45, 2.75) is 57.9 Å². The molecule has 0 aliphatic rings. The van der Waals surface area contributed by atoms with E-state index in [0.29, 0.717) is 5.56 Å². The summed E-state index contributed by atoms with van der Waals surface area (Å²) in [4.78, 5) is 10.7. The van der Waals surface area contributed by atoms with Crippen LogP contribution in [0.2, 0.25) is 0 Å². The molecule has 0 aliphatic carbocycles. The van der Waals surface area contributed by atoms with Crippen molar-refractivity contribution in [2.75, 3.05) is 0 Å². The van der Waals surface area contributed by atoms with E-state index in [1.807, 2.05) is 0 Å². The second-order valence-electron chi connectivity index (χ2n) is 7.35. The number of phenols is 4. The first-order valence-corrected chi connectivity index (χ1v) is 9.60. The number of benzene rings is 2. The minimum absolute atomic E-state index is 0.0795. The van der Waals surface area contributed by atoms with Crippen LogP contribution in [0, 0.1) is 0 Å². The van der Waals surface area contributed by atoms with Crippen molar-refractivity contribution in [1.29, 1.82) is 0 Å². The monoisotopic (exact) mass is 405 g/mol. The third kappa shape index (κ3) is 8.31. The van der Waals surface area contributed by atoms with Crippen molar-refractivity contribution in [2.24, 2.45) is 5.73 Å². The summed E-state index contributed by atoms with van der Waals surface area (Å²) >= 11 is 0. The van der Waals surface area contributed by atoms with Gasteiger partial charge in [-0.25, -0.2) is 0 Å². The minimum atomic E-state index is -1.39. The van der Waals surface area contributed by atoms with E-state index in [0.717, 1.165) is 18.4 Å². The molecule has 0 saturated heterocycles. The van der Waals surface area contributed by atoms with Crippen LogP contribution in [0.4, 0.5) is 0 Å². The lowest BCUT2D eigenvalue weighted by molar-refractivity contribution is -0.142. The lowest BCUT2D eigenvalue weighted by Crippen LogP contribution is -2.46. The van der Waals surface area contributed by atoms with Crippen LogP contribution in [0.25, 0.3) is 0 Å². The molecule has 160 valence electrons. The van der Waals surface area contributed by atoms with Crippen LogP contribution in [0.3, 0.4) is 0 Å². The zero-order valence-corrected chi connectivity index (χ0v) is 16.9. The maximum absolute atomic E-state index is 10.7. The standard InChI is InChI=1S/C12H18O2.C10H13NO4/c1-2-3-4-5-6-10-7-8-11(13)9-12(10)14;1-10(11,9(14)15)5-6-2-3-7(12)8(13)4-6/h7-9,13-14H,2-6H2,1H3;2-4,12-13H,5,11H2,1H3,(H,14,15). The number of hydrogen-bond donors (Lipinski definition) is 6. The predicted octanol–water partition coefficient (Wildman–Crippen LogP) is 3.66. The summed E-state index contributed by atoms with van der Waals surface area (Å²) in [5, 5.41) is 45.6. The molecule has 0 saturated carbocycles. The van der Waals surface area contributed by atoms with E-state index in [4.69, 9.17) is 21.1 Å². The van der Waals surface area contributed by atoms with Crippen LogP contribution in [-0.2, 0) is 17.6 Å². The van der Waals surface area contributed by atoms with Crippen LogP contribution < -0.4 is 5.73 Å². The van der Waals surface area contributed by atoms with Gasteiger partial charge in [0.1, 0.15) is 17.0 Å². The van der Waals surface area contributed by atoms with Gasteiger partial charge in [-0.05, 0) is 49.1 Å². The van der Waals surface area contributed by atoms with E-state index >= 15 is 0 Å². The van der Waals surface area contributed by atoms with Gasteiger partial charge >= 0.3 is 5.97 Å². The molecule has 0 heterocycles. The lowest BCUT2D eigenvalue weighted by Gasteiger charge is -2.19. The molecule has 7 N–H and O–H groups in total. The highest BCUT2D eigenvalue weighted by atomic mass is 16.4. The largest absolute Gasteiger partial charge is 0.508 e. The van der Waals surface area contributed by atoms with Gasteiger partial charge in [0.15, 0.2) is 11.5 Å². The second-order valence-corrected chi connectivity index (χ2v) is 7.35. The fourth-order valence-electron chi connectivity index (χ4n) is 2.68. The topological polar surface area (TPSA) is 144 Å². The molecule has 0 aromatic heterocycles. The zero-order valence-electron chi connectivity index (χ0n) is 16.9. The molecule has 0 radical (unpaired) electrons. The Kier molecular flexibility index (Phi) is 9.28. The quantitative estimate of drug-likeness (QED) is 0.290. The van der Waals surface area contributed by atoms with Gasteiger partial charge in [0, 0.05) is 12.5 Å². The number of unbranched alkanes of at least 4 members (excludes halogenated alkanes) is 3. The van der Waals surface area contributed by atoms with Crippen molar-refractivity contribution in [1.82, 2.24) is 0 Å². The number of nitrogens with two attached hydrogens (primary N) is 1. The Hall–Kier alpha value is -2.93. The summed E-state index contributed by atoms with van der Waals surface area (Å²) in [7, 11) is 0. The summed E-state index contributed by atoms with van der Waals surface area (Å²) in [6.07, 6.45) is 5.76. The fourth-order valence-corrected chi connectivity index (χ4v) is 2.68. The summed E-state index contributed by atoms with van der Waals surface area (Å²) in [5.41, 5.74) is 5.63. The van der Waals surface area contributed by atoms with Crippen molar-refractivity contribution >= 4 is 5.97 Å². The molecular weight excluding hydrogens is 374 g/mol. The molecule has 1 atom stereocenters. The lowest BCUT2D eigenvalue weighted by atomic mass is 9.94. The van der Waals surface area contributed by atoms with Crippen molar-refractivity contribution in [3.63, 3.8) is 0 Å². The first-order chi connectivity index (χ1) is 13.6. The van der Waals surface area contributed by atoms with Gasteiger partial charge < -0.3 is 31.3 Å². The first kappa shape index (κ1) is 24.1. The van der Waals surface area contributed by atoms with Crippen LogP contribution in [0.1, 0.15) is 50.7 Å². The minimum Gasteiger partial charge on any atom is -0.508 e. The van der Waals surface area contributed by atoms with Crippen molar-refractivity contribution in [3.8, 4) is 23.0 Å². The van der Waals surface area contributed by atoms with Crippen LogP contribution in [0.15, 0.2) is 36.4 Å². The molecule has 0 amide bonds. The van der Waals surface area contributed by atoms with Gasteiger partial charge in [-0.2, -0.15) is 0 Å². The molecule has 2 aromatic rings. The van der Waals surface area contributed by atoms with E-state index in [1.54, 1.807) is 12.1 Å². The predicted molar refractivity (Wildman–Crippen MR) is 111 cm³/mol. The summed E-state index contributed by atoms with van der Waals surface area (Å²) < 4.78 is 0. The maximum Gasteiger partial charge on any atom is 0.323 e. The molecule has 0 fully saturated rings. The van der Waals surface area contributed by atoms with Crippen molar-refractivity contribution < 1.29 is 30.3 Å². The highest BCUT2D eigenvalue weighted by Crippen LogP contribution is 2.26. The Labute approximate surface area is 171 Å². The average Bonchev–Trinajstić information content (AvgIpc) is 2.63. The third-order valence-corrected chi connectivity index (χ3v) is 4.47. The number of hydrogen-bond acceptors (Lipinski definition) is 6. The van der Waals surface area contributed by atoms with E-state index in [9.17, 15) is 15.0 Å². The summed E-state index contributed by atoms with van der Waals surface area (Å²) in [6.45, 7) is 3.57. The van der Waals surface area contributed by atoms with Gasteiger partial charge in [0.05, 0.1) is 0 Å². The Balaban J connectivity index is 0.000000291. The average molecular weight is 405 g/mol. The van der Waals surface area contributed by atoms with E-state index in [1.165, 1.54) is 50.5 Å². The third-order valence-electron chi connectivity index (χ3n) is 4.47. The Morgan fingerprint density at radius 1 is 0.931 bits per heavy atom. The number of carbonyl (C=O) groups is 1. The van der Waals surface area contributed by atoms with Crippen LogP contribution in [-0.4, -0.2) is 37.0 Å². The molecule has 2 aromatic carbocycles. The normalized spacial score (nSPS) is 12.5. The molecule has 0 bridgehead atoms. The van der Waals surface area contributed by atoms with Gasteiger partial charge in [0.25, 0.3) is 0 Å².